The second kappa shape index (κ2) is 8.26. The van der Waals surface area contributed by atoms with Crippen molar-refractivity contribution in [1.29, 1.82) is 0 Å². The molecule has 0 aliphatic rings. The zero-order valence-electron chi connectivity index (χ0n) is 16.7. The summed E-state index contributed by atoms with van der Waals surface area (Å²) in [7, 11) is 0. The summed E-state index contributed by atoms with van der Waals surface area (Å²) in [5, 5.41) is 3.58. The molecule has 1 amide bonds. The van der Waals surface area contributed by atoms with Crippen molar-refractivity contribution in [1.82, 2.24) is 19.9 Å². The van der Waals surface area contributed by atoms with Crippen molar-refractivity contribution in [2.45, 2.75) is 6.54 Å². The number of fused-ring (bicyclic) bond motifs is 2. The van der Waals surface area contributed by atoms with Gasteiger partial charge in [-0.15, -0.1) is 0 Å². The lowest BCUT2D eigenvalue weighted by molar-refractivity contribution is 0.0953. The lowest BCUT2D eigenvalue weighted by Crippen LogP contribution is -2.24. The standard InChI is InChI=1S/C24H17BrClN5O/c25-15-7-11-17(12-8-15)31-22(27)20(24(32)28-13-14-5-9-16(26)10-6-14)21-23(31)30-19-4-2-1-3-18(19)29-21/h1-12H,13,27H2,(H,28,32). The van der Waals surface area contributed by atoms with Crippen molar-refractivity contribution in [2.75, 3.05) is 5.73 Å². The topological polar surface area (TPSA) is 85.8 Å². The lowest BCUT2D eigenvalue weighted by atomic mass is 10.2. The van der Waals surface area contributed by atoms with Gasteiger partial charge in [-0.25, -0.2) is 9.97 Å². The number of hydrogen-bond donors (Lipinski definition) is 2. The first kappa shape index (κ1) is 20.5. The molecule has 3 aromatic carbocycles. The van der Waals surface area contributed by atoms with Gasteiger partial charge in [0.15, 0.2) is 5.65 Å². The Morgan fingerprint density at radius 2 is 1.62 bits per heavy atom. The van der Waals surface area contributed by atoms with Gasteiger partial charge in [-0.1, -0.05) is 51.8 Å². The average Bonchev–Trinajstić information content (AvgIpc) is 3.08. The number of anilines is 1. The molecule has 0 fully saturated rings. The fourth-order valence-electron chi connectivity index (χ4n) is 3.61. The number of rotatable bonds is 4. The molecule has 0 atom stereocenters. The maximum Gasteiger partial charge on any atom is 0.257 e. The fourth-order valence-corrected chi connectivity index (χ4v) is 4.00. The van der Waals surface area contributed by atoms with E-state index in [9.17, 15) is 4.79 Å². The third-order valence-corrected chi connectivity index (χ3v) is 5.96. The number of aromatic nitrogens is 3. The van der Waals surface area contributed by atoms with E-state index < -0.39 is 0 Å². The van der Waals surface area contributed by atoms with Crippen molar-refractivity contribution < 1.29 is 4.79 Å². The van der Waals surface area contributed by atoms with Crippen LogP contribution in [0.2, 0.25) is 5.02 Å². The quantitative estimate of drug-likeness (QED) is 0.337. The summed E-state index contributed by atoms with van der Waals surface area (Å²) in [6.45, 7) is 0.335. The first-order valence-corrected chi connectivity index (χ1v) is 11.0. The second-order valence-corrected chi connectivity index (χ2v) is 8.62. The van der Waals surface area contributed by atoms with Gasteiger partial charge in [0, 0.05) is 21.7 Å². The van der Waals surface area contributed by atoms with Gasteiger partial charge in [0.05, 0.1) is 11.0 Å². The highest BCUT2D eigenvalue weighted by molar-refractivity contribution is 9.10. The Labute approximate surface area is 197 Å². The first-order valence-electron chi connectivity index (χ1n) is 9.86. The van der Waals surface area contributed by atoms with Gasteiger partial charge in [0.1, 0.15) is 16.9 Å². The molecule has 0 aliphatic heterocycles. The van der Waals surface area contributed by atoms with E-state index in [1.165, 1.54) is 0 Å². The molecule has 0 saturated carbocycles. The van der Waals surface area contributed by atoms with Crippen molar-refractivity contribution in [3.05, 3.63) is 93.4 Å². The molecule has 0 unspecified atom stereocenters. The molecule has 158 valence electrons. The van der Waals surface area contributed by atoms with E-state index in [4.69, 9.17) is 27.3 Å². The summed E-state index contributed by atoms with van der Waals surface area (Å²) in [4.78, 5) is 22.8. The van der Waals surface area contributed by atoms with Crippen LogP contribution in [0.5, 0.6) is 0 Å². The van der Waals surface area contributed by atoms with E-state index in [0.717, 1.165) is 21.2 Å². The summed E-state index contributed by atoms with van der Waals surface area (Å²) in [6.07, 6.45) is 0. The van der Waals surface area contributed by atoms with Crippen LogP contribution in [0.3, 0.4) is 0 Å². The molecule has 2 aromatic heterocycles. The minimum absolute atomic E-state index is 0.284. The van der Waals surface area contributed by atoms with Crippen LogP contribution in [0.4, 0.5) is 5.82 Å². The third kappa shape index (κ3) is 3.70. The number of nitrogens with zero attached hydrogens (tertiary/aromatic N) is 3. The van der Waals surface area contributed by atoms with Gasteiger partial charge >= 0.3 is 0 Å². The number of para-hydroxylation sites is 2. The Morgan fingerprint density at radius 1 is 0.969 bits per heavy atom. The largest absolute Gasteiger partial charge is 0.384 e. The van der Waals surface area contributed by atoms with Crippen LogP contribution in [-0.4, -0.2) is 20.4 Å². The molecule has 5 rings (SSSR count). The number of carbonyl (C=O) groups excluding carboxylic acids is 1. The molecule has 8 heteroatoms. The smallest absolute Gasteiger partial charge is 0.257 e. The van der Waals surface area contributed by atoms with E-state index in [1.807, 2.05) is 60.7 Å². The van der Waals surface area contributed by atoms with Gasteiger partial charge in [0.25, 0.3) is 5.91 Å². The molecule has 0 radical (unpaired) electrons. The van der Waals surface area contributed by atoms with E-state index in [0.29, 0.717) is 33.8 Å². The van der Waals surface area contributed by atoms with E-state index in [1.54, 1.807) is 16.7 Å². The molecule has 0 aliphatic carbocycles. The van der Waals surface area contributed by atoms with E-state index in [-0.39, 0.29) is 11.7 Å². The van der Waals surface area contributed by atoms with Gasteiger partial charge < -0.3 is 11.1 Å². The molecule has 0 spiro atoms. The number of benzene rings is 3. The van der Waals surface area contributed by atoms with Crippen LogP contribution in [0.15, 0.2) is 77.3 Å². The van der Waals surface area contributed by atoms with Gasteiger partial charge in [0.2, 0.25) is 0 Å². The number of halogens is 2. The molecule has 3 N–H and O–H groups in total. The number of carbonyl (C=O) groups is 1. The van der Waals surface area contributed by atoms with Crippen LogP contribution < -0.4 is 11.1 Å². The fraction of sp³-hybridized carbons (Fsp3) is 0.0417. The Balaban J connectivity index is 1.64. The number of nitrogens with one attached hydrogen (secondary N) is 1. The maximum atomic E-state index is 13.2. The highest BCUT2D eigenvalue weighted by Gasteiger charge is 2.24. The van der Waals surface area contributed by atoms with E-state index >= 15 is 0 Å². The number of nitrogens with two attached hydrogens (primary N) is 1. The van der Waals surface area contributed by atoms with E-state index in [2.05, 4.69) is 21.2 Å². The molecule has 0 saturated heterocycles. The average molecular weight is 507 g/mol. The predicted molar refractivity (Wildman–Crippen MR) is 131 cm³/mol. The third-order valence-electron chi connectivity index (χ3n) is 5.18. The highest BCUT2D eigenvalue weighted by atomic mass is 79.9. The number of amides is 1. The van der Waals surface area contributed by atoms with Gasteiger partial charge in [-0.3, -0.25) is 9.36 Å². The van der Waals surface area contributed by atoms with Crippen molar-refractivity contribution in [3.63, 3.8) is 0 Å². The Kier molecular flexibility index (Phi) is 5.28. The number of hydrogen-bond acceptors (Lipinski definition) is 4. The normalized spacial score (nSPS) is 11.2. The monoisotopic (exact) mass is 505 g/mol. The second-order valence-electron chi connectivity index (χ2n) is 7.27. The van der Waals surface area contributed by atoms with Crippen molar-refractivity contribution >= 4 is 61.5 Å². The molecule has 0 bridgehead atoms. The SMILES string of the molecule is Nc1c(C(=O)NCc2ccc(Cl)cc2)c2nc3ccccc3nc2n1-c1ccc(Br)cc1. The molecule has 2 heterocycles. The van der Waals surface area contributed by atoms with Crippen LogP contribution in [0, 0.1) is 0 Å². The van der Waals surface area contributed by atoms with Gasteiger partial charge in [-0.2, -0.15) is 0 Å². The summed E-state index contributed by atoms with van der Waals surface area (Å²) >= 11 is 9.40. The minimum atomic E-state index is -0.317. The zero-order chi connectivity index (χ0) is 22.2. The molecular weight excluding hydrogens is 490 g/mol. The molecule has 32 heavy (non-hydrogen) atoms. The molecule has 5 aromatic rings. The predicted octanol–water partition coefficient (Wildman–Crippen LogP) is 5.50. The van der Waals surface area contributed by atoms with Crippen LogP contribution in [0.25, 0.3) is 27.9 Å². The summed E-state index contributed by atoms with van der Waals surface area (Å²) < 4.78 is 2.70. The van der Waals surface area contributed by atoms with Crippen molar-refractivity contribution in [2.24, 2.45) is 0 Å². The Hall–Kier alpha value is -3.42. The minimum Gasteiger partial charge on any atom is -0.384 e. The van der Waals surface area contributed by atoms with Gasteiger partial charge in [-0.05, 0) is 54.1 Å². The highest BCUT2D eigenvalue weighted by Crippen LogP contribution is 2.31. The van der Waals surface area contributed by atoms with Crippen LogP contribution in [-0.2, 0) is 6.54 Å². The summed E-state index contributed by atoms with van der Waals surface area (Å²) in [5.74, 6) is -0.0332. The Morgan fingerprint density at radius 3 is 2.31 bits per heavy atom. The molecule has 6 nitrogen and oxygen atoms in total. The molecular formula is C24H17BrClN5O. The summed E-state index contributed by atoms with van der Waals surface area (Å²) in [5.41, 5.74) is 11.0. The summed E-state index contributed by atoms with van der Waals surface area (Å²) in [6, 6.07) is 22.5. The van der Waals surface area contributed by atoms with Crippen LogP contribution in [0.1, 0.15) is 15.9 Å². The van der Waals surface area contributed by atoms with Crippen molar-refractivity contribution in [3.8, 4) is 5.69 Å². The number of nitrogen functional groups attached to an aromatic ring is 1. The maximum absolute atomic E-state index is 13.2. The first-order chi connectivity index (χ1) is 15.5. The van der Waals surface area contributed by atoms with Crippen LogP contribution >= 0.6 is 27.5 Å². The Bertz CT molecular complexity index is 1460. The lowest BCUT2D eigenvalue weighted by Gasteiger charge is -2.08. The zero-order valence-corrected chi connectivity index (χ0v) is 19.1.